The molecule has 0 bridgehead atoms. The maximum absolute atomic E-state index is 13.9. The molecule has 0 saturated carbocycles. The molecule has 0 spiro atoms. The summed E-state index contributed by atoms with van der Waals surface area (Å²) in [6.45, 7) is 34.5. The first-order valence-corrected chi connectivity index (χ1v) is 23.7. The Kier molecular flexibility index (Phi) is 12.7. The molecule has 6 nitrogen and oxygen atoms in total. The monoisotopic (exact) mass is 686 g/mol. The zero-order valence-corrected chi connectivity index (χ0v) is 33.7. The number of cyclic esters (lactones) is 1. The molecule has 1 saturated heterocycles. The van der Waals surface area contributed by atoms with Gasteiger partial charge in [0.05, 0.1) is 24.0 Å². The largest absolute Gasteiger partial charge is 0.462 e. The molecular formula is C39H66O6Si2. The van der Waals surface area contributed by atoms with E-state index in [1.807, 2.05) is 6.92 Å². The van der Waals surface area contributed by atoms with Crippen molar-refractivity contribution in [1.29, 1.82) is 0 Å². The van der Waals surface area contributed by atoms with Crippen LogP contribution in [0.3, 0.4) is 0 Å². The molecule has 7 atom stereocenters. The predicted octanol–water partition coefficient (Wildman–Crippen LogP) is 10.1. The molecule has 47 heavy (non-hydrogen) atoms. The molecule has 0 aromatic rings. The third kappa shape index (κ3) is 9.70. The Balaban J connectivity index is 1.89. The van der Waals surface area contributed by atoms with Gasteiger partial charge in [0.2, 0.25) is 0 Å². The lowest BCUT2D eigenvalue weighted by Gasteiger charge is -2.46. The first-order valence-electron chi connectivity index (χ1n) is 17.9. The summed E-state index contributed by atoms with van der Waals surface area (Å²) in [4.78, 5) is 26.7. The zero-order valence-electron chi connectivity index (χ0n) is 31.7. The number of carbonyl (C=O) groups is 2. The van der Waals surface area contributed by atoms with Crippen LogP contribution in [0, 0.1) is 23.2 Å². The smallest absolute Gasteiger partial charge is 0.312 e. The van der Waals surface area contributed by atoms with Crippen molar-refractivity contribution in [3.63, 3.8) is 0 Å². The highest BCUT2D eigenvalue weighted by Gasteiger charge is 2.47. The fraction of sp³-hybridized carbons (Fsp3) is 0.744. The van der Waals surface area contributed by atoms with Crippen LogP contribution < -0.4 is 0 Å². The molecule has 1 heterocycles. The van der Waals surface area contributed by atoms with Crippen LogP contribution in [0.25, 0.3) is 0 Å². The van der Waals surface area contributed by atoms with Crippen molar-refractivity contribution in [2.75, 3.05) is 0 Å². The summed E-state index contributed by atoms with van der Waals surface area (Å²) in [5.41, 5.74) is 0.469. The summed E-state index contributed by atoms with van der Waals surface area (Å²) in [7, 11) is -4.11. The van der Waals surface area contributed by atoms with Gasteiger partial charge in [-0.15, -0.1) is 13.2 Å². The van der Waals surface area contributed by atoms with Crippen LogP contribution in [-0.4, -0.2) is 53.0 Å². The lowest BCUT2D eigenvalue weighted by molar-refractivity contribution is -0.167. The van der Waals surface area contributed by atoms with Gasteiger partial charge in [0.25, 0.3) is 0 Å². The Hall–Kier alpha value is -1.75. The van der Waals surface area contributed by atoms with Gasteiger partial charge in [-0.1, -0.05) is 78.8 Å². The number of carbonyl (C=O) groups excluding carboxylic acids is 2. The highest BCUT2D eigenvalue weighted by atomic mass is 28.4. The van der Waals surface area contributed by atoms with Crippen LogP contribution >= 0.6 is 0 Å². The van der Waals surface area contributed by atoms with Crippen LogP contribution in [-0.2, 0) is 27.9 Å². The average Bonchev–Trinajstić information content (AvgIpc) is 2.91. The van der Waals surface area contributed by atoms with Crippen molar-refractivity contribution in [1.82, 2.24) is 0 Å². The van der Waals surface area contributed by atoms with Crippen molar-refractivity contribution in [3.8, 4) is 0 Å². The van der Waals surface area contributed by atoms with Gasteiger partial charge in [-0.05, 0) is 86.3 Å². The minimum Gasteiger partial charge on any atom is -0.462 e. The van der Waals surface area contributed by atoms with Crippen LogP contribution in [0.2, 0.25) is 36.3 Å². The van der Waals surface area contributed by atoms with Gasteiger partial charge in [-0.3, -0.25) is 9.59 Å². The van der Waals surface area contributed by atoms with Crippen molar-refractivity contribution in [2.24, 2.45) is 23.2 Å². The third-order valence-electron chi connectivity index (χ3n) is 11.9. The highest BCUT2D eigenvalue weighted by Crippen LogP contribution is 2.47. The summed E-state index contributed by atoms with van der Waals surface area (Å²) >= 11 is 0. The van der Waals surface area contributed by atoms with E-state index >= 15 is 0 Å². The second-order valence-corrected chi connectivity index (χ2v) is 27.4. The number of fused-ring (bicyclic) bond motifs is 1. The Morgan fingerprint density at radius 3 is 2.06 bits per heavy atom. The first kappa shape index (κ1) is 39.7. The fourth-order valence-corrected chi connectivity index (χ4v) is 9.50. The van der Waals surface area contributed by atoms with E-state index in [9.17, 15) is 9.59 Å². The van der Waals surface area contributed by atoms with Crippen molar-refractivity contribution < 1.29 is 27.9 Å². The molecule has 0 unspecified atom stereocenters. The zero-order chi connectivity index (χ0) is 35.6. The Morgan fingerprint density at radius 1 is 0.936 bits per heavy atom. The molecule has 3 aliphatic rings. The summed E-state index contributed by atoms with van der Waals surface area (Å²) in [5, 5.41) is 0.132. The van der Waals surface area contributed by atoms with Gasteiger partial charge in [0.1, 0.15) is 12.2 Å². The molecule has 0 aromatic carbocycles. The van der Waals surface area contributed by atoms with Gasteiger partial charge in [0, 0.05) is 18.8 Å². The number of ether oxygens (including phenoxy) is 2. The maximum atomic E-state index is 13.9. The standard InChI is InChI=1S/C39H66O6Si2/c1-15-21-39(10,22-16-2)36(41)43-33-25-30(44-46(11,12)37(4,5)6)23-28-18-17-27(3)32(35(28)33)20-19-29-24-31(26-34(40)42-29)45-47(13,14)38(7,8)9/h15-18,23,27,29-33,35H,1-2,19-22,24-26H2,3-14H3/t27-,29+,30+,31+,32-,33+,35-/m0/s1. The van der Waals surface area contributed by atoms with Crippen LogP contribution in [0.4, 0.5) is 0 Å². The molecule has 3 rings (SSSR count). The van der Waals surface area contributed by atoms with Crippen LogP contribution in [0.15, 0.2) is 49.1 Å². The van der Waals surface area contributed by atoms with Gasteiger partial charge >= 0.3 is 11.9 Å². The Bertz CT molecular complexity index is 1190. The van der Waals surface area contributed by atoms with E-state index in [4.69, 9.17) is 18.3 Å². The van der Waals surface area contributed by atoms with Crippen molar-refractivity contribution in [2.45, 2.75) is 161 Å². The van der Waals surface area contributed by atoms with Crippen LogP contribution in [0.5, 0.6) is 0 Å². The fourth-order valence-electron chi connectivity index (χ4n) is 6.86. The summed E-state index contributed by atoms with van der Waals surface area (Å²) < 4.78 is 26.1. The molecule has 0 N–H and O–H groups in total. The quantitative estimate of drug-likeness (QED) is 0.109. The van der Waals surface area contributed by atoms with Gasteiger partial charge < -0.3 is 18.3 Å². The van der Waals surface area contributed by atoms with E-state index in [2.05, 4.69) is 106 Å². The lowest BCUT2D eigenvalue weighted by Crippen LogP contribution is -2.49. The van der Waals surface area contributed by atoms with Crippen molar-refractivity contribution in [3.05, 3.63) is 49.1 Å². The number of hydrogen-bond donors (Lipinski definition) is 0. The molecule has 0 radical (unpaired) electrons. The second kappa shape index (κ2) is 15.0. The lowest BCUT2D eigenvalue weighted by atomic mass is 9.66. The van der Waals surface area contributed by atoms with E-state index in [0.717, 1.165) is 19.3 Å². The second-order valence-electron chi connectivity index (χ2n) is 17.8. The first-order chi connectivity index (χ1) is 21.5. The third-order valence-corrected chi connectivity index (χ3v) is 20.9. The van der Waals surface area contributed by atoms with E-state index in [1.165, 1.54) is 5.57 Å². The van der Waals surface area contributed by atoms with Crippen molar-refractivity contribution >= 4 is 28.6 Å². The van der Waals surface area contributed by atoms with Gasteiger partial charge in [-0.2, -0.15) is 0 Å². The number of allylic oxidation sites excluding steroid dienone is 4. The van der Waals surface area contributed by atoms with E-state index in [1.54, 1.807) is 12.2 Å². The van der Waals surface area contributed by atoms with Gasteiger partial charge in [-0.25, -0.2) is 0 Å². The minimum absolute atomic E-state index is 0.0356. The molecule has 266 valence electrons. The van der Waals surface area contributed by atoms with E-state index in [-0.39, 0.29) is 64.2 Å². The molecule has 1 aliphatic heterocycles. The topological polar surface area (TPSA) is 71.1 Å². The molecular weight excluding hydrogens is 621 g/mol. The molecule has 0 aromatic heterocycles. The molecule has 8 heteroatoms. The normalized spacial score (nSPS) is 29.0. The SMILES string of the molecule is C=CCC(C)(CC=C)C(=O)O[C@@H]1C[C@H](O[Si](C)(C)C(C)(C)C)C=C2C=C[C@H](C)[C@H](CC[C@@H]3C[C@@H](O[Si](C)(C)C(C)(C)C)CC(=O)O3)[C@H]21. The van der Waals surface area contributed by atoms with Gasteiger partial charge in [0.15, 0.2) is 16.6 Å². The number of rotatable bonds is 13. The number of esters is 2. The predicted molar refractivity (Wildman–Crippen MR) is 198 cm³/mol. The maximum Gasteiger partial charge on any atom is 0.312 e. The minimum atomic E-state index is -2.08. The summed E-state index contributed by atoms with van der Waals surface area (Å²) in [6, 6.07) is 0. The number of hydrogen-bond acceptors (Lipinski definition) is 6. The Labute approximate surface area is 289 Å². The summed E-state index contributed by atoms with van der Waals surface area (Å²) in [5.74, 6) is 0.169. The molecule has 2 aliphatic carbocycles. The summed E-state index contributed by atoms with van der Waals surface area (Å²) in [6.07, 6.45) is 14.0. The molecule has 0 amide bonds. The average molecular weight is 687 g/mol. The highest BCUT2D eigenvalue weighted by molar-refractivity contribution is 6.74. The van der Waals surface area contributed by atoms with E-state index in [0.29, 0.717) is 25.7 Å². The Morgan fingerprint density at radius 2 is 1.51 bits per heavy atom. The van der Waals surface area contributed by atoms with Crippen LogP contribution in [0.1, 0.15) is 100 Å². The molecule has 1 fully saturated rings. The van der Waals surface area contributed by atoms with E-state index < -0.39 is 22.0 Å².